The lowest BCUT2D eigenvalue weighted by Crippen LogP contribution is -2.48. The van der Waals surface area contributed by atoms with Gasteiger partial charge in [0.25, 0.3) is 0 Å². The van der Waals surface area contributed by atoms with Crippen LogP contribution in [0.5, 0.6) is 0 Å². The van der Waals surface area contributed by atoms with Gasteiger partial charge in [-0.1, -0.05) is 0 Å². The summed E-state index contributed by atoms with van der Waals surface area (Å²) in [5.41, 5.74) is -0.453. The molecule has 1 N–H and O–H groups in total. The van der Waals surface area contributed by atoms with Crippen LogP contribution in [0.2, 0.25) is 0 Å². The highest BCUT2D eigenvalue weighted by molar-refractivity contribution is 6.19. The van der Waals surface area contributed by atoms with E-state index in [0.717, 1.165) is 25.9 Å². The fraction of sp³-hybridized carbons (Fsp3) is 0.909. The summed E-state index contributed by atoms with van der Waals surface area (Å²) < 4.78 is 0. The molecule has 1 aliphatic rings. The molecule has 15 heavy (non-hydrogen) atoms. The van der Waals surface area contributed by atoms with Crippen molar-refractivity contribution in [3.05, 3.63) is 0 Å². The molecule has 3 nitrogen and oxygen atoms in total. The van der Waals surface area contributed by atoms with Crippen molar-refractivity contribution in [3.8, 4) is 0 Å². The number of nitrogens with zero attached hydrogens (tertiary/aromatic N) is 1. The van der Waals surface area contributed by atoms with Gasteiger partial charge in [0, 0.05) is 11.9 Å². The van der Waals surface area contributed by atoms with Crippen LogP contribution in [-0.4, -0.2) is 42.9 Å². The third-order valence-electron chi connectivity index (χ3n) is 3.00. The third kappa shape index (κ3) is 3.65. The number of rotatable bonds is 3. The van der Waals surface area contributed by atoms with E-state index in [1.807, 2.05) is 13.8 Å². The van der Waals surface area contributed by atoms with Crippen molar-refractivity contribution in [1.29, 1.82) is 0 Å². The van der Waals surface area contributed by atoms with Crippen LogP contribution in [0.1, 0.15) is 26.7 Å². The highest BCUT2D eigenvalue weighted by Crippen LogP contribution is 2.18. The van der Waals surface area contributed by atoms with Crippen LogP contribution in [0.4, 0.5) is 0 Å². The topological polar surface area (TPSA) is 32.3 Å². The molecule has 0 unspecified atom stereocenters. The fourth-order valence-corrected chi connectivity index (χ4v) is 1.72. The Bertz CT molecular complexity index is 223. The largest absolute Gasteiger partial charge is 0.353 e. The van der Waals surface area contributed by atoms with Crippen molar-refractivity contribution in [2.24, 2.45) is 5.41 Å². The van der Waals surface area contributed by atoms with Crippen molar-refractivity contribution < 1.29 is 4.79 Å². The Morgan fingerprint density at radius 1 is 1.47 bits per heavy atom. The van der Waals surface area contributed by atoms with Crippen LogP contribution in [0.25, 0.3) is 0 Å². The molecule has 4 heteroatoms. The van der Waals surface area contributed by atoms with E-state index in [1.54, 1.807) is 0 Å². The number of likely N-dealkylation sites (tertiary alicyclic amines) is 1. The number of alkyl halides is 1. The maximum absolute atomic E-state index is 11.8. The molecule has 0 aliphatic carbocycles. The molecule has 1 rings (SSSR count). The first-order valence-corrected chi connectivity index (χ1v) is 6.04. The summed E-state index contributed by atoms with van der Waals surface area (Å²) >= 11 is 5.76. The van der Waals surface area contributed by atoms with Crippen LogP contribution in [0, 0.1) is 5.41 Å². The Morgan fingerprint density at radius 3 is 2.47 bits per heavy atom. The molecule has 0 atom stereocenters. The van der Waals surface area contributed by atoms with E-state index in [0.29, 0.717) is 11.9 Å². The van der Waals surface area contributed by atoms with Crippen LogP contribution < -0.4 is 5.32 Å². The summed E-state index contributed by atoms with van der Waals surface area (Å²) in [6.07, 6.45) is 2.08. The van der Waals surface area contributed by atoms with E-state index < -0.39 is 5.41 Å². The van der Waals surface area contributed by atoms with Gasteiger partial charge < -0.3 is 10.2 Å². The normalized spacial score (nSPS) is 20.3. The first-order chi connectivity index (χ1) is 6.95. The van der Waals surface area contributed by atoms with Crippen molar-refractivity contribution in [3.63, 3.8) is 0 Å². The average molecular weight is 233 g/mol. The summed E-state index contributed by atoms with van der Waals surface area (Å²) in [7, 11) is 2.11. The maximum Gasteiger partial charge on any atom is 0.227 e. The monoisotopic (exact) mass is 232 g/mol. The molecule has 1 fully saturated rings. The molecule has 1 amide bonds. The maximum atomic E-state index is 11.8. The highest BCUT2D eigenvalue weighted by atomic mass is 35.5. The first kappa shape index (κ1) is 12.8. The van der Waals surface area contributed by atoms with Gasteiger partial charge in [0.15, 0.2) is 0 Å². The zero-order valence-electron chi connectivity index (χ0n) is 9.85. The average Bonchev–Trinajstić information content (AvgIpc) is 2.21. The minimum atomic E-state index is -0.453. The van der Waals surface area contributed by atoms with E-state index >= 15 is 0 Å². The zero-order chi connectivity index (χ0) is 11.5. The first-order valence-electron chi connectivity index (χ1n) is 5.51. The van der Waals surface area contributed by atoms with E-state index in [1.165, 1.54) is 0 Å². The Balaban J connectivity index is 2.39. The number of halogens is 1. The van der Waals surface area contributed by atoms with Crippen molar-refractivity contribution in [1.82, 2.24) is 10.2 Å². The molecule has 0 saturated carbocycles. The second-order valence-electron chi connectivity index (χ2n) is 5.07. The molecule has 0 spiro atoms. The number of carbonyl (C=O) groups is 1. The van der Waals surface area contributed by atoms with Gasteiger partial charge in [-0.2, -0.15) is 0 Å². The van der Waals surface area contributed by atoms with Gasteiger partial charge in [-0.3, -0.25) is 4.79 Å². The fourth-order valence-electron chi connectivity index (χ4n) is 1.59. The van der Waals surface area contributed by atoms with E-state index in [2.05, 4.69) is 17.3 Å². The molecule has 0 aromatic heterocycles. The van der Waals surface area contributed by atoms with Gasteiger partial charge in [-0.05, 0) is 46.8 Å². The van der Waals surface area contributed by atoms with Gasteiger partial charge in [-0.25, -0.2) is 0 Å². The molecule has 0 bridgehead atoms. The predicted molar refractivity (Wildman–Crippen MR) is 63.2 cm³/mol. The second kappa shape index (κ2) is 5.17. The minimum Gasteiger partial charge on any atom is -0.353 e. The number of nitrogens with one attached hydrogen (secondary N) is 1. The van der Waals surface area contributed by atoms with Crippen molar-refractivity contribution in [2.45, 2.75) is 32.7 Å². The lowest BCUT2D eigenvalue weighted by atomic mass is 9.94. The number of carbonyl (C=O) groups excluding carboxylic acids is 1. The van der Waals surface area contributed by atoms with Crippen LogP contribution in [0.15, 0.2) is 0 Å². The van der Waals surface area contributed by atoms with Gasteiger partial charge in [0.05, 0.1) is 5.41 Å². The van der Waals surface area contributed by atoms with E-state index in [-0.39, 0.29) is 5.91 Å². The SMILES string of the molecule is CN1CCC(NC(=O)C(C)(C)CCl)CC1. The lowest BCUT2D eigenvalue weighted by molar-refractivity contribution is -0.129. The quantitative estimate of drug-likeness (QED) is 0.748. The molecule has 0 radical (unpaired) electrons. The summed E-state index contributed by atoms with van der Waals surface area (Å²) in [4.78, 5) is 14.1. The summed E-state index contributed by atoms with van der Waals surface area (Å²) in [5.74, 6) is 0.442. The molecule has 1 heterocycles. The van der Waals surface area contributed by atoms with Gasteiger partial charge in [-0.15, -0.1) is 11.6 Å². The third-order valence-corrected chi connectivity index (χ3v) is 3.67. The molecule has 88 valence electrons. The van der Waals surface area contributed by atoms with Crippen LogP contribution in [0.3, 0.4) is 0 Å². The van der Waals surface area contributed by atoms with Crippen LogP contribution >= 0.6 is 11.6 Å². The second-order valence-corrected chi connectivity index (χ2v) is 5.34. The Kier molecular flexibility index (Phi) is 4.41. The molecular weight excluding hydrogens is 212 g/mol. The summed E-state index contributed by atoms with van der Waals surface area (Å²) in [5, 5.41) is 3.08. The molecule has 1 saturated heterocycles. The lowest BCUT2D eigenvalue weighted by Gasteiger charge is -2.31. The number of hydrogen-bond donors (Lipinski definition) is 1. The van der Waals surface area contributed by atoms with Crippen molar-refractivity contribution >= 4 is 17.5 Å². The minimum absolute atomic E-state index is 0.0760. The van der Waals surface area contributed by atoms with E-state index in [9.17, 15) is 4.79 Å². The molecular formula is C11H21ClN2O. The Morgan fingerprint density at radius 2 is 2.00 bits per heavy atom. The Hall–Kier alpha value is -0.280. The molecule has 1 aliphatic heterocycles. The van der Waals surface area contributed by atoms with Gasteiger partial charge >= 0.3 is 0 Å². The predicted octanol–water partition coefficient (Wildman–Crippen LogP) is 1.46. The van der Waals surface area contributed by atoms with E-state index in [4.69, 9.17) is 11.6 Å². The van der Waals surface area contributed by atoms with Crippen molar-refractivity contribution in [2.75, 3.05) is 26.0 Å². The van der Waals surface area contributed by atoms with Crippen LogP contribution in [-0.2, 0) is 4.79 Å². The number of amides is 1. The summed E-state index contributed by atoms with van der Waals surface area (Å²) in [6, 6.07) is 0.330. The van der Waals surface area contributed by atoms with Gasteiger partial charge in [0.1, 0.15) is 0 Å². The summed E-state index contributed by atoms with van der Waals surface area (Å²) in [6.45, 7) is 5.88. The molecule has 0 aromatic rings. The highest BCUT2D eigenvalue weighted by Gasteiger charge is 2.29. The number of hydrogen-bond acceptors (Lipinski definition) is 2. The Labute approximate surface area is 97.2 Å². The van der Waals surface area contributed by atoms with Gasteiger partial charge in [0.2, 0.25) is 5.91 Å². The smallest absolute Gasteiger partial charge is 0.227 e. The molecule has 0 aromatic carbocycles. The standard InChI is InChI=1S/C11H21ClN2O/c1-11(2,8-12)10(15)13-9-4-6-14(3)7-5-9/h9H,4-8H2,1-3H3,(H,13,15). The number of piperidine rings is 1. The zero-order valence-corrected chi connectivity index (χ0v) is 10.6.